The maximum absolute atomic E-state index is 2.47. The third-order valence-electron chi connectivity index (χ3n) is 7.65. The van der Waals surface area contributed by atoms with Crippen molar-refractivity contribution in [2.24, 2.45) is 0 Å². The van der Waals surface area contributed by atoms with Crippen molar-refractivity contribution in [2.45, 2.75) is 62.7 Å². The Kier molecular flexibility index (Phi) is 12.3. The van der Waals surface area contributed by atoms with E-state index in [1.807, 2.05) is 32.1 Å². The topological polar surface area (TPSA) is 0 Å². The van der Waals surface area contributed by atoms with Gasteiger partial charge in [-0.1, -0.05) is 94.3 Å². The van der Waals surface area contributed by atoms with Gasteiger partial charge in [-0.2, -0.15) is 0 Å². The summed E-state index contributed by atoms with van der Waals surface area (Å²) < 4.78 is 0. The normalized spacial score (nSPS) is 21.7. The number of hydrogen-bond acceptors (Lipinski definition) is 0. The molecule has 0 amide bonds. The quantitative estimate of drug-likeness (QED) is 0.240. The van der Waals surface area contributed by atoms with E-state index in [0.717, 1.165) is 11.3 Å². The summed E-state index contributed by atoms with van der Waals surface area (Å²) in [6, 6.07) is 22.5. The fourth-order valence-electron chi connectivity index (χ4n) is 5.93. The van der Waals surface area contributed by atoms with Crippen LogP contribution >= 0.6 is 15.8 Å². The molecule has 3 heteroatoms. The van der Waals surface area contributed by atoms with Gasteiger partial charge in [0.05, 0.1) is 0 Å². The molecule has 0 N–H and O–H groups in total. The van der Waals surface area contributed by atoms with E-state index in [1.165, 1.54) is 68.1 Å². The fourth-order valence-corrected chi connectivity index (χ4v) is 12.4. The second kappa shape index (κ2) is 15.4. The Bertz CT molecular complexity index is 777. The Morgan fingerprint density at radius 3 is 1.44 bits per heavy atom. The van der Waals surface area contributed by atoms with E-state index in [1.54, 1.807) is 11.6 Å². The van der Waals surface area contributed by atoms with Crippen LogP contribution in [0.4, 0.5) is 0 Å². The average molecular weight is 552 g/mol. The Balaban J connectivity index is 0.000000455. The van der Waals surface area contributed by atoms with Crippen LogP contribution in [0.3, 0.4) is 0 Å². The first-order valence-corrected chi connectivity index (χ1v) is 16.5. The number of benzene rings is 2. The predicted octanol–water partition coefficient (Wildman–Crippen LogP) is 8.24. The molecule has 4 aliphatic carbocycles. The summed E-state index contributed by atoms with van der Waals surface area (Å²) in [7, 11) is -0.356. The second-order valence-corrected chi connectivity index (χ2v) is 14.9. The molecule has 0 atom stereocenters. The molecule has 186 valence electrons. The van der Waals surface area contributed by atoms with Crippen LogP contribution in [0.25, 0.3) is 0 Å². The minimum absolute atomic E-state index is 0. The molecule has 0 aromatic heterocycles. The molecule has 0 nitrogen and oxygen atoms in total. The monoisotopic (exact) mass is 552 g/mol. The minimum Gasteiger partial charge on any atom is -0.0997 e. The van der Waals surface area contributed by atoms with Gasteiger partial charge in [-0.3, -0.25) is 0 Å². The molecule has 10 radical (unpaired) electrons. The first-order chi connectivity index (χ1) is 17.4. The molecule has 4 aliphatic rings. The van der Waals surface area contributed by atoms with E-state index in [9.17, 15) is 0 Å². The smallest absolute Gasteiger partial charge is 0.0997 e. The maximum Gasteiger partial charge on any atom is 2.00 e. The van der Waals surface area contributed by atoms with E-state index < -0.39 is 7.92 Å². The Morgan fingerprint density at radius 1 is 0.556 bits per heavy atom. The van der Waals surface area contributed by atoms with E-state index in [0.29, 0.717) is 0 Å². The molecule has 36 heavy (non-hydrogen) atoms. The molecule has 0 spiro atoms. The summed E-state index contributed by atoms with van der Waals surface area (Å²) in [4.78, 5) is 0. The minimum atomic E-state index is -0.474. The molecule has 2 aromatic carbocycles. The van der Waals surface area contributed by atoms with Crippen molar-refractivity contribution in [1.29, 1.82) is 0 Å². The van der Waals surface area contributed by atoms with Gasteiger partial charge in [0.2, 0.25) is 0 Å². The first kappa shape index (κ1) is 28.8. The molecule has 0 heterocycles. The second-order valence-electron chi connectivity index (χ2n) is 9.95. The summed E-state index contributed by atoms with van der Waals surface area (Å²) in [6.45, 7) is 0. The van der Waals surface area contributed by atoms with Gasteiger partial charge in [0.1, 0.15) is 0 Å². The van der Waals surface area contributed by atoms with Gasteiger partial charge >= 0.3 is 17.1 Å². The molecule has 0 saturated heterocycles. The van der Waals surface area contributed by atoms with Crippen molar-refractivity contribution in [3.8, 4) is 0 Å². The van der Waals surface area contributed by atoms with Crippen LogP contribution in [0.5, 0.6) is 0 Å². The molecule has 6 rings (SSSR count). The summed E-state index contributed by atoms with van der Waals surface area (Å²) in [5, 5.41) is 2.97. The third kappa shape index (κ3) is 7.69. The molecule has 2 aromatic rings. The van der Waals surface area contributed by atoms with Crippen LogP contribution in [-0.4, -0.2) is 17.5 Å². The fraction of sp³-hybridized carbons (Fsp3) is 0.333. The Morgan fingerprint density at radius 2 is 1.00 bits per heavy atom. The predicted molar refractivity (Wildman–Crippen MR) is 156 cm³/mol. The van der Waals surface area contributed by atoms with Crippen LogP contribution in [0, 0.1) is 62.9 Å². The van der Waals surface area contributed by atoms with Crippen LogP contribution in [0.2, 0.25) is 0 Å². The first-order valence-electron chi connectivity index (χ1n) is 13.5. The van der Waals surface area contributed by atoms with Gasteiger partial charge < -0.3 is 0 Å². The van der Waals surface area contributed by atoms with Crippen molar-refractivity contribution in [3.63, 3.8) is 0 Å². The van der Waals surface area contributed by atoms with Crippen LogP contribution in [0.1, 0.15) is 51.4 Å². The third-order valence-corrected chi connectivity index (χ3v) is 13.8. The zero-order chi connectivity index (χ0) is 23.7. The van der Waals surface area contributed by atoms with Gasteiger partial charge in [0.15, 0.2) is 0 Å². The van der Waals surface area contributed by atoms with Crippen LogP contribution < -0.4 is 10.6 Å². The van der Waals surface area contributed by atoms with Gasteiger partial charge in [-0.15, -0.1) is 0 Å². The molecule has 0 aliphatic heterocycles. The van der Waals surface area contributed by atoms with Crippen molar-refractivity contribution < 1.29 is 17.1 Å². The summed E-state index contributed by atoms with van der Waals surface area (Å²) in [6.07, 6.45) is 30.5. The van der Waals surface area contributed by atoms with E-state index in [-0.39, 0.29) is 25.0 Å². The van der Waals surface area contributed by atoms with Crippen molar-refractivity contribution in [2.75, 3.05) is 6.16 Å². The van der Waals surface area contributed by atoms with Crippen molar-refractivity contribution >= 4 is 26.5 Å². The molecule has 4 fully saturated rings. The molecular formula is C33H38FeP2+2. The van der Waals surface area contributed by atoms with Crippen molar-refractivity contribution in [3.05, 3.63) is 124 Å². The molecule has 4 saturated carbocycles. The largest absolute Gasteiger partial charge is 2.00 e. The molecular weight excluding hydrogens is 514 g/mol. The van der Waals surface area contributed by atoms with Gasteiger partial charge in [0.25, 0.3) is 0 Å². The SMILES string of the molecule is [CH]1[CH][CH][CH][CH]1.[CH]1[CH][C](CP(C2CCCC2)C2CCCC2)[C](P(c2ccccc2)c2ccccc2)[CH]1.[Fe+2]. The summed E-state index contributed by atoms with van der Waals surface area (Å²) in [5.74, 6) is 1.67. The summed E-state index contributed by atoms with van der Waals surface area (Å²) in [5.41, 5.74) is 3.68. The van der Waals surface area contributed by atoms with E-state index in [4.69, 9.17) is 0 Å². The van der Waals surface area contributed by atoms with Crippen LogP contribution in [-0.2, 0) is 17.1 Å². The standard InChI is InChI=1S/C28H33P2.C5H5.Fe/c1-3-17-26(18-4-1)30(27-19-5-2-6-20-27)28-21-11-12-23(28)22-29(24-13-7-8-14-24)25-15-9-10-16-25;1-2-4-5-3-1;/h1-6,11-12,17-21,24-25H,7-10,13-16,22H2;1-5H;/q;;+2. The van der Waals surface area contributed by atoms with Crippen molar-refractivity contribution in [1.82, 2.24) is 0 Å². The average Bonchev–Trinajstić information content (AvgIpc) is 3.74. The maximum atomic E-state index is 2.47. The summed E-state index contributed by atoms with van der Waals surface area (Å²) >= 11 is 0. The van der Waals surface area contributed by atoms with Gasteiger partial charge in [-0.05, 0) is 119 Å². The van der Waals surface area contributed by atoms with Gasteiger partial charge in [-0.25, -0.2) is 0 Å². The zero-order valence-electron chi connectivity index (χ0n) is 21.2. The number of rotatable bonds is 7. The zero-order valence-corrected chi connectivity index (χ0v) is 24.1. The van der Waals surface area contributed by atoms with E-state index >= 15 is 0 Å². The Labute approximate surface area is 235 Å². The van der Waals surface area contributed by atoms with Crippen LogP contribution in [0.15, 0.2) is 60.7 Å². The number of hydrogen-bond donors (Lipinski definition) is 0. The van der Waals surface area contributed by atoms with Gasteiger partial charge in [0, 0.05) is 5.66 Å². The van der Waals surface area contributed by atoms with E-state index in [2.05, 4.69) is 79.9 Å². The Hall–Kier alpha value is -0.181. The molecule has 0 bridgehead atoms. The molecule has 0 unspecified atom stereocenters.